The standard InChI is InChI=1S/C7H10O3.HNO2/c1-3-4-10-5-6(2)7(8)9;2-1-3/h3H,1-2,4-5H2,(H,8,9);(H,2,3). The summed E-state index contributed by atoms with van der Waals surface area (Å²) in [5.74, 6) is -1.02. The Morgan fingerprint density at radius 3 is 2.38 bits per heavy atom. The maximum atomic E-state index is 10.1. The molecule has 2 N–H and O–H groups in total. The zero-order chi connectivity index (χ0) is 10.7. The van der Waals surface area contributed by atoms with Crippen LogP contribution in [0.1, 0.15) is 0 Å². The fourth-order valence-electron chi connectivity index (χ4n) is 0.327. The Bertz CT molecular complexity index is 189. The normalized spacial score (nSPS) is 7.69. The molecule has 0 spiro atoms. The highest BCUT2D eigenvalue weighted by Gasteiger charge is 2.01. The Morgan fingerprint density at radius 1 is 1.62 bits per heavy atom. The zero-order valence-electron chi connectivity index (χ0n) is 6.97. The van der Waals surface area contributed by atoms with Crippen molar-refractivity contribution < 1.29 is 19.8 Å². The Kier molecular flexibility index (Phi) is 11.0. The predicted molar refractivity (Wildman–Crippen MR) is 45.4 cm³/mol. The largest absolute Gasteiger partial charge is 0.478 e. The maximum absolute atomic E-state index is 10.1. The first kappa shape index (κ1) is 13.9. The van der Waals surface area contributed by atoms with Gasteiger partial charge in [0.1, 0.15) is 0 Å². The average Bonchev–Trinajstić information content (AvgIpc) is 2.06. The van der Waals surface area contributed by atoms with Gasteiger partial charge in [0.25, 0.3) is 0 Å². The van der Waals surface area contributed by atoms with Crippen molar-refractivity contribution in [2.75, 3.05) is 13.2 Å². The molecule has 0 saturated carbocycles. The van der Waals surface area contributed by atoms with Crippen LogP contribution < -0.4 is 0 Å². The van der Waals surface area contributed by atoms with Crippen molar-refractivity contribution in [2.24, 2.45) is 5.34 Å². The minimum Gasteiger partial charge on any atom is -0.478 e. The van der Waals surface area contributed by atoms with Crippen molar-refractivity contribution in [3.05, 3.63) is 29.7 Å². The minimum absolute atomic E-state index is 0.0569. The summed E-state index contributed by atoms with van der Waals surface area (Å²) in [7, 11) is 0. The monoisotopic (exact) mass is 189 g/mol. The van der Waals surface area contributed by atoms with Crippen molar-refractivity contribution in [2.45, 2.75) is 0 Å². The molecule has 0 bridgehead atoms. The van der Waals surface area contributed by atoms with Crippen molar-refractivity contribution in [1.29, 1.82) is 0 Å². The molecule has 0 heterocycles. The van der Waals surface area contributed by atoms with Crippen LogP contribution in [0.15, 0.2) is 30.1 Å². The van der Waals surface area contributed by atoms with Crippen LogP contribution >= 0.6 is 0 Å². The summed E-state index contributed by atoms with van der Waals surface area (Å²) in [6, 6.07) is 0. The predicted octanol–water partition coefficient (Wildman–Crippen LogP) is 0.972. The van der Waals surface area contributed by atoms with Gasteiger partial charge in [-0.05, 0) is 0 Å². The third-order valence-electron chi connectivity index (χ3n) is 0.814. The number of aliphatic carboxylic acids is 1. The summed E-state index contributed by atoms with van der Waals surface area (Å²) in [5.41, 5.74) is 0.0573. The molecule has 0 aromatic carbocycles. The SMILES string of the molecule is C=CCOCC(=C)C(=O)O.O=NO. The highest BCUT2D eigenvalue weighted by atomic mass is 16.6. The molecule has 6 heteroatoms. The Morgan fingerprint density at radius 2 is 2.08 bits per heavy atom. The third-order valence-corrected chi connectivity index (χ3v) is 0.814. The van der Waals surface area contributed by atoms with Gasteiger partial charge in [-0.25, -0.2) is 4.79 Å². The number of hydrogen-bond donors (Lipinski definition) is 2. The van der Waals surface area contributed by atoms with E-state index in [1.807, 2.05) is 0 Å². The summed E-state index contributed by atoms with van der Waals surface area (Å²) in [5, 5.41) is 16.2. The van der Waals surface area contributed by atoms with Gasteiger partial charge >= 0.3 is 5.97 Å². The van der Waals surface area contributed by atoms with Crippen LogP contribution in [-0.4, -0.2) is 29.5 Å². The second-order valence-corrected chi connectivity index (χ2v) is 1.79. The topological polar surface area (TPSA) is 96.2 Å². The van der Waals surface area contributed by atoms with E-state index in [0.717, 1.165) is 0 Å². The minimum atomic E-state index is -1.02. The molecular formula is C7H11NO5. The molecule has 0 aromatic rings. The van der Waals surface area contributed by atoms with Gasteiger partial charge < -0.3 is 15.1 Å². The molecule has 0 aliphatic heterocycles. The molecule has 13 heavy (non-hydrogen) atoms. The number of carbonyl (C=O) groups is 1. The van der Waals surface area contributed by atoms with Crippen LogP contribution in [0.3, 0.4) is 0 Å². The third kappa shape index (κ3) is 13.3. The first-order chi connectivity index (χ1) is 6.09. The summed E-state index contributed by atoms with van der Waals surface area (Å²) >= 11 is 0. The molecule has 0 aliphatic carbocycles. The van der Waals surface area contributed by atoms with E-state index < -0.39 is 5.97 Å². The van der Waals surface area contributed by atoms with Crippen LogP contribution in [0.4, 0.5) is 0 Å². The van der Waals surface area contributed by atoms with Gasteiger partial charge in [0.2, 0.25) is 0 Å². The molecule has 6 nitrogen and oxygen atoms in total. The van der Waals surface area contributed by atoms with E-state index in [4.69, 9.17) is 20.0 Å². The van der Waals surface area contributed by atoms with Crippen LogP contribution in [-0.2, 0) is 9.53 Å². The molecule has 0 rings (SSSR count). The summed E-state index contributed by atoms with van der Waals surface area (Å²) in [6.45, 7) is 7.08. The number of carboxylic acids is 1. The van der Waals surface area contributed by atoms with E-state index in [0.29, 0.717) is 6.61 Å². The van der Waals surface area contributed by atoms with Gasteiger partial charge in [0.05, 0.1) is 18.8 Å². The molecule has 0 aliphatic rings. The number of ether oxygens (including phenoxy) is 1. The molecule has 0 unspecified atom stereocenters. The Hall–Kier alpha value is -1.69. The lowest BCUT2D eigenvalue weighted by atomic mass is 10.3. The van der Waals surface area contributed by atoms with Crippen molar-refractivity contribution >= 4 is 5.97 Å². The summed E-state index contributed by atoms with van der Waals surface area (Å²) in [6.07, 6.45) is 1.55. The fraction of sp³-hybridized carbons (Fsp3) is 0.286. The number of carboxylic acid groups (broad SMARTS) is 1. The average molecular weight is 189 g/mol. The van der Waals surface area contributed by atoms with Gasteiger partial charge in [0.15, 0.2) is 5.34 Å². The summed E-state index contributed by atoms with van der Waals surface area (Å²) < 4.78 is 4.81. The van der Waals surface area contributed by atoms with E-state index in [9.17, 15) is 4.79 Å². The molecule has 0 atom stereocenters. The smallest absolute Gasteiger partial charge is 0.333 e. The molecule has 0 radical (unpaired) electrons. The van der Waals surface area contributed by atoms with E-state index >= 15 is 0 Å². The van der Waals surface area contributed by atoms with Crippen LogP contribution in [0.5, 0.6) is 0 Å². The van der Waals surface area contributed by atoms with Crippen molar-refractivity contribution in [3.8, 4) is 0 Å². The molecule has 74 valence electrons. The van der Waals surface area contributed by atoms with Crippen LogP contribution in [0.2, 0.25) is 0 Å². The van der Waals surface area contributed by atoms with E-state index in [1.165, 1.54) is 5.34 Å². The Balaban J connectivity index is 0. The lowest BCUT2D eigenvalue weighted by Gasteiger charge is -1.98. The summed E-state index contributed by atoms with van der Waals surface area (Å²) in [4.78, 5) is 18.2. The number of nitrogens with zero attached hydrogens (tertiary/aromatic N) is 1. The van der Waals surface area contributed by atoms with Gasteiger partial charge in [0, 0.05) is 0 Å². The quantitative estimate of drug-likeness (QED) is 0.221. The van der Waals surface area contributed by atoms with Crippen LogP contribution in [0.25, 0.3) is 0 Å². The van der Waals surface area contributed by atoms with E-state index in [2.05, 4.69) is 13.2 Å². The Labute approximate surface area is 75.1 Å². The molecule has 0 amide bonds. The maximum Gasteiger partial charge on any atom is 0.333 e. The number of rotatable bonds is 5. The van der Waals surface area contributed by atoms with Gasteiger partial charge in [-0.2, -0.15) is 0 Å². The van der Waals surface area contributed by atoms with Gasteiger partial charge in [-0.1, -0.05) is 12.7 Å². The van der Waals surface area contributed by atoms with Crippen molar-refractivity contribution in [1.82, 2.24) is 0 Å². The molecule has 0 fully saturated rings. The highest BCUT2D eigenvalue weighted by Crippen LogP contribution is 1.90. The van der Waals surface area contributed by atoms with Gasteiger partial charge in [-0.3, -0.25) is 0 Å². The second-order valence-electron chi connectivity index (χ2n) is 1.79. The highest BCUT2D eigenvalue weighted by molar-refractivity contribution is 5.85. The lowest BCUT2D eigenvalue weighted by molar-refractivity contribution is -0.133. The molecule has 0 saturated heterocycles. The van der Waals surface area contributed by atoms with Crippen LogP contribution in [0, 0.1) is 4.91 Å². The number of hydrogen-bond acceptors (Lipinski definition) is 4. The van der Waals surface area contributed by atoms with E-state index in [1.54, 1.807) is 6.08 Å². The second kappa shape index (κ2) is 10.3. The first-order valence-electron chi connectivity index (χ1n) is 3.16. The lowest BCUT2D eigenvalue weighted by Crippen LogP contribution is -2.06. The first-order valence-corrected chi connectivity index (χ1v) is 3.16. The molecular weight excluding hydrogens is 178 g/mol. The molecule has 0 aromatic heterocycles. The fourth-order valence-corrected chi connectivity index (χ4v) is 0.327. The van der Waals surface area contributed by atoms with Gasteiger partial charge in [-0.15, -0.1) is 11.5 Å². The van der Waals surface area contributed by atoms with Crippen molar-refractivity contribution in [3.63, 3.8) is 0 Å². The zero-order valence-corrected chi connectivity index (χ0v) is 6.97. The van der Waals surface area contributed by atoms with E-state index in [-0.39, 0.29) is 12.2 Å².